The molecule has 0 radical (unpaired) electrons. The van der Waals surface area contributed by atoms with Crippen molar-refractivity contribution >= 4 is 10.9 Å². The molecule has 0 amide bonds. The maximum absolute atomic E-state index is 11.7. The molecule has 2 aromatic rings. The smallest absolute Gasteiger partial charge is 0.248 e. The SMILES string of the molecule is O=c1cc(CC2CCCCC2)c2ccccc2[nH]1. The van der Waals surface area contributed by atoms with Crippen LogP contribution in [-0.2, 0) is 6.42 Å². The van der Waals surface area contributed by atoms with Crippen LogP contribution in [0, 0.1) is 5.92 Å². The van der Waals surface area contributed by atoms with E-state index in [0.717, 1.165) is 17.9 Å². The van der Waals surface area contributed by atoms with E-state index >= 15 is 0 Å². The van der Waals surface area contributed by atoms with Gasteiger partial charge in [0.1, 0.15) is 0 Å². The van der Waals surface area contributed by atoms with Crippen LogP contribution in [0.25, 0.3) is 10.9 Å². The van der Waals surface area contributed by atoms with Crippen LogP contribution in [0.15, 0.2) is 35.1 Å². The molecule has 0 bridgehead atoms. The van der Waals surface area contributed by atoms with Gasteiger partial charge in [0.2, 0.25) is 5.56 Å². The van der Waals surface area contributed by atoms with E-state index < -0.39 is 0 Å². The van der Waals surface area contributed by atoms with Crippen molar-refractivity contribution in [3.63, 3.8) is 0 Å². The number of benzene rings is 1. The summed E-state index contributed by atoms with van der Waals surface area (Å²) in [6.07, 6.45) is 7.79. The van der Waals surface area contributed by atoms with Crippen LogP contribution < -0.4 is 5.56 Å². The van der Waals surface area contributed by atoms with E-state index in [4.69, 9.17) is 0 Å². The zero-order valence-electron chi connectivity index (χ0n) is 10.6. The lowest BCUT2D eigenvalue weighted by atomic mass is 9.84. The normalized spacial score (nSPS) is 17.1. The first-order chi connectivity index (χ1) is 8.83. The fourth-order valence-corrected chi connectivity index (χ4v) is 3.15. The highest BCUT2D eigenvalue weighted by atomic mass is 16.1. The van der Waals surface area contributed by atoms with E-state index in [1.807, 2.05) is 18.2 Å². The standard InChI is InChI=1S/C16H19NO/c18-16-11-13(10-12-6-2-1-3-7-12)14-8-4-5-9-15(14)17-16/h4-5,8-9,11-12H,1-3,6-7,10H2,(H,17,18). The third-order valence-electron chi connectivity index (χ3n) is 4.07. The molecule has 94 valence electrons. The highest BCUT2D eigenvalue weighted by Crippen LogP contribution is 2.28. The monoisotopic (exact) mass is 241 g/mol. The summed E-state index contributed by atoms with van der Waals surface area (Å²) in [5.74, 6) is 0.768. The molecule has 1 saturated carbocycles. The van der Waals surface area contributed by atoms with Crippen LogP contribution in [0.2, 0.25) is 0 Å². The van der Waals surface area contributed by atoms with Gasteiger partial charge in [-0.2, -0.15) is 0 Å². The molecule has 1 fully saturated rings. The number of nitrogens with one attached hydrogen (secondary N) is 1. The third-order valence-corrected chi connectivity index (χ3v) is 4.07. The Hall–Kier alpha value is -1.57. The number of hydrogen-bond acceptors (Lipinski definition) is 1. The predicted molar refractivity (Wildman–Crippen MR) is 74.8 cm³/mol. The van der Waals surface area contributed by atoms with E-state index in [-0.39, 0.29) is 5.56 Å². The van der Waals surface area contributed by atoms with Gasteiger partial charge in [0.25, 0.3) is 0 Å². The van der Waals surface area contributed by atoms with Gasteiger partial charge in [0.15, 0.2) is 0 Å². The Balaban J connectivity index is 1.97. The zero-order chi connectivity index (χ0) is 12.4. The molecule has 1 aliphatic carbocycles. The summed E-state index contributed by atoms with van der Waals surface area (Å²) in [4.78, 5) is 14.6. The quantitative estimate of drug-likeness (QED) is 0.855. The second-order valence-corrected chi connectivity index (χ2v) is 5.41. The Labute approximate surface area is 107 Å². The largest absolute Gasteiger partial charge is 0.322 e. The highest BCUT2D eigenvalue weighted by Gasteiger charge is 2.15. The van der Waals surface area contributed by atoms with E-state index in [0.29, 0.717) is 0 Å². The maximum Gasteiger partial charge on any atom is 0.248 e. The number of pyridine rings is 1. The minimum Gasteiger partial charge on any atom is -0.322 e. The summed E-state index contributed by atoms with van der Waals surface area (Å²) < 4.78 is 0. The van der Waals surface area contributed by atoms with Crippen LogP contribution >= 0.6 is 0 Å². The molecule has 0 unspecified atom stereocenters. The topological polar surface area (TPSA) is 32.9 Å². The number of rotatable bonds is 2. The molecule has 1 aliphatic rings. The zero-order valence-corrected chi connectivity index (χ0v) is 10.6. The van der Waals surface area contributed by atoms with E-state index in [2.05, 4.69) is 11.1 Å². The molecule has 1 N–H and O–H groups in total. The Morgan fingerprint density at radius 1 is 1.11 bits per heavy atom. The van der Waals surface area contributed by atoms with Gasteiger partial charge in [-0.3, -0.25) is 4.79 Å². The molecule has 18 heavy (non-hydrogen) atoms. The predicted octanol–water partition coefficient (Wildman–Crippen LogP) is 3.65. The molecule has 0 saturated heterocycles. The van der Waals surface area contributed by atoms with Gasteiger partial charge in [0.05, 0.1) is 0 Å². The number of fused-ring (bicyclic) bond motifs is 1. The lowest BCUT2D eigenvalue weighted by Crippen LogP contribution is -2.13. The fraction of sp³-hybridized carbons (Fsp3) is 0.438. The van der Waals surface area contributed by atoms with Gasteiger partial charge in [-0.15, -0.1) is 0 Å². The van der Waals surface area contributed by atoms with Crippen LogP contribution in [0.5, 0.6) is 0 Å². The summed E-state index contributed by atoms with van der Waals surface area (Å²) >= 11 is 0. The van der Waals surface area contributed by atoms with Crippen molar-refractivity contribution in [2.24, 2.45) is 5.92 Å². The van der Waals surface area contributed by atoms with Gasteiger partial charge in [-0.25, -0.2) is 0 Å². The third kappa shape index (κ3) is 2.33. The van der Waals surface area contributed by atoms with E-state index in [1.54, 1.807) is 6.07 Å². The first kappa shape index (κ1) is 11.5. The molecule has 1 aromatic carbocycles. The molecule has 2 heteroatoms. The molecule has 0 aliphatic heterocycles. The minimum absolute atomic E-state index is 0.0273. The van der Waals surface area contributed by atoms with Crippen molar-refractivity contribution in [2.45, 2.75) is 38.5 Å². The summed E-state index contributed by atoms with van der Waals surface area (Å²) in [5.41, 5.74) is 2.22. The minimum atomic E-state index is 0.0273. The van der Waals surface area contributed by atoms with Crippen molar-refractivity contribution in [1.82, 2.24) is 4.98 Å². The second kappa shape index (κ2) is 4.97. The number of H-pyrrole nitrogens is 1. The van der Waals surface area contributed by atoms with Crippen molar-refractivity contribution < 1.29 is 0 Å². The molecule has 0 atom stereocenters. The van der Waals surface area contributed by atoms with Gasteiger partial charge in [0, 0.05) is 17.0 Å². The average molecular weight is 241 g/mol. The van der Waals surface area contributed by atoms with Gasteiger partial charge in [-0.05, 0) is 24.0 Å². The van der Waals surface area contributed by atoms with Crippen LogP contribution in [0.1, 0.15) is 37.7 Å². The van der Waals surface area contributed by atoms with Gasteiger partial charge < -0.3 is 4.98 Å². The van der Waals surface area contributed by atoms with Gasteiger partial charge in [-0.1, -0.05) is 50.3 Å². The Bertz CT molecular complexity index is 593. The molecule has 0 spiro atoms. The summed E-state index contributed by atoms with van der Waals surface area (Å²) in [7, 11) is 0. The summed E-state index contributed by atoms with van der Waals surface area (Å²) in [6, 6.07) is 9.91. The van der Waals surface area contributed by atoms with E-state index in [9.17, 15) is 4.79 Å². The van der Waals surface area contributed by atoms with Crippen LogP contribution in [0.3, 0.4) is 0 Å². The number of aromatic amines is 1. The second-order valence-electron chi connectivity index (χ2n) is 5.41. The lowest BCUT2D eigenvalue weighted by Gasteiger charge is -2.22. The van der Waals surface area contributed by atoms with Crippen molar-refractivity contribution in [2.75, 3.05) is 0 Å². The van der Waals surface area contributed by atoms with Crippen LogP contribution in [-0.4, -0.2) is 4.98 Å². The summed E-state index contributed by atoms with van der Waals surface area (Å²) in [5, 5.41) is 1.21. The highest BCUT2D eigenvalue weighted by molar-refractivity contribution is 5.81. The molecule has 1 aromatic heterocycles. The first-order valence-electron chi connectivity index (χ1n) is 6.94. The molecule has 3 rings (SSSR count). The average Bonchev–Trinajstić information content (AvgIpc) is 2.40. The van der Waals surface area contributed by atoms with E-state index in [1.165, 1.54) is 43.1 Å². The first-order valence-corrected chi connectivity index (χ1v) is 6.94. The Morgan fingerprint density at radius 2 is 1.89 bits per heavy atom. The van der Waals surface area contributed by atoms with Crippen LogP contribution in [0.4, 0.5) is 0 Å². The molecular formula is C16H19NO. The van der Waals surface area contributed by atoms with Crippen molar-refractivity contribution in [3.05, 3.63) is 46.2 Å². The van der Waals surface area contributed by atoms with Crippen molar-refractivity contribution in [1.29, 1.82) is 0 Å². The molecule has 1 heterocycles. The van der Waals surface area contributed by atoms with Gasteiger partial charge >= 0.3 is 0 Å². The lowest BCUT2D eigenvalue weighted by molar-refractivity contribution is 0.357. The number of hydrogen-bond donors (Lipinski definition) is 1. The maximum atomic E-state index is 11.7. The molecular weight excluding hydrogens is 222 g/mol. The number of aromatic nitrogens is 1. The number of para-hydroxylation sites is 1. The fourth-order valence-electron chi connectivity index (χ4n) is 3.15. The van der Waals surface area contributed by atoms with Crippen molar-refractivity contribution in [3.8, 4) is 0 Å². The summed E-state index contributed by atoms with van der Waals surface area (Å²) in [6.45, 7) is 0. The molecule has 2 nitrogen and oxygen atoms in total. The Morgan fingerprint density at radius 3 is 2.72 bits per heavy atom. The Kier molecular flexibility index (Phi) is 3.18.